The molecular formula is C8H7ClNSe. The van der Waals surface area contributed by atoms with Gasteiger partial charge in [0.25, 0.3) is 0 Å². The molecule has 1 aromatic carbocycles. The van der Waals surface area contributed by atoms with Crippen LogP contribution < -0.4 is 9.78 Å². The molecule has 1 aliphatic rings. The predicted octanol–water partition coefficient (Wildman–Crippen LogP) is 1.24. The van der Waals surface area contributed by atoms with Gasteiger partial charge >= 0.3 is 76.3 Å². The van der Waals surface area contributed by atoms with Gasteiger partial charge in [-0.2, -0.15) is 0 Å². The molecule has 1 aliphatic heterocycles. The number of halogens is 1. The molecule has 1 N–H and O–H groups in total. The van der Waals surface area contributed by atoms with Gasteiger partial charge in [-0.3, -0.25) is 0 Å². The SMILES string of the molecule is CC1=[Se]c2ccc(Cl)cc2N1. The number of rotatable bonds is 0. The summed E-state index contributed by atoms with van der Waals surface area (Å²) in [6, 6.07) is 6.03. The van der Waals surface area contributed by atoms with Gasteiger partial charge in [0.1, 0.15) is 0 Å². The minimum absolute atomic E-state index is 0.500. The molecule has 1 nitrogen and oxygen atoms in total. The van der Waals surface area contributed by atoms with Gasteiger partial charge in [-0.05, 0) is 0 Å². The number of nitrogens with one attached hydrogen (secondary N) is 1. The van der Waals surface area contributed by atoms with Crippen LogP contribution in [0.15, 0.2) is 18.2 Å². The van der Waals surface area contributed by atoms with Crippen LogP contribution in [0.4, 0.5) is 5.69 Å². The molecule has 3 heteroatoms. The standard InChI is InChI=1S/C8H7ClNSe/c1-5-10-7-4-6(9)2-3-8(7)11-5/h2-4,10H,1H3. The predicted molar refractivity (Wildman–Crippen MR) is 51.1 cm³/mol. The quantitative estimate of drug-likeness (QED) is 0.663. The second-order valence-corrected chi connectivity index (χ2v) is 5.50. The summed E-state index contributed by atoms with van der Waals surface area (Å²) < 4.78 is 2.76. The summed E-state index contributed by atoms with van der Waals surface area (Å²) in [5, 5.41) is 4.11. The van der Waals surface area contributed by atoms with E-state index < -0.39 is 0 Å². The summed E-state index contributed by atoms with van der Waals surface area (Å²) in [4.78, 5) is 0. The van der Waals surface area contributed by atoms with E-state index in [9.17, 15) is 0 Å². The summed E-state index contributed by atoms with van der Waals surface area (Å²) in [7, 11) is 0. The molecule has 0 amide bonds. The zero-order valence-electron chi connectivity index (χ0n) is 6.02. The Kier molecular flexibility index (Phi) is 1.76. The van der Waals surface area contributed by atoms with Crippen molar-refractivity contribution in [3.63, 3.8) is 0 Å². The van der Waals surface area contributed by atoms with Crippen molar-refractivity contribution in [3.05, 3.63) is 23.2 Å². The molecule has 0 spiro atoms. The molecule has 0 bridgehead atoms. The number of hydrogen-bond donors (Lipinski definition) is 1. The van der Waals surface area contributed by atoms with Gasteiger partial charge < -0.3 is 0 Å². The molecular weight excluding hydrogens is 225 g/mol. The maximum absolute atomic E-state index is 5.83. The summed E-state index contributed by atoms with van der Waals surface area (Å²) in [5.74, 6) is 0. The van der Waals surface area contributed by atoms with Gasteiger partial charge in [-0.1, -0.05) is 0 Å². The van der Waals surface area contributed by atoms with Gasteiger partial charge in [0.2, 0.25) is 0 Å². The Morgan fingerprint density at radius 2 is 2.27 bits per heavy atom. The summed E-state index contributed by atoms with van der Waals surface area (Å²) in [6.07, 6.45) is 0. The molecule has 0 atom stereocenters. The number of benzene rings is 1. The zero-order valence-corrected chi connectivity index (χ0v) is 8.49. The summed E-state index contributed by atoms with van der Waals surface area (Å²) in [5.41, 5.74) is 1.19. The van der Waals surface area contributed by atoms with Gasteiger partial charge in [0.15, 0.2) is 0 Å². The van der Waals surface area contributed by atoms with Crippen molar-refractivity contribution in [1.29, 1.82) is 0 Å². The van der Waals surface area contributed by atoms with Crippen LogP contribution in [-0.4, -0.2) is 19.1 Å². The fraction of sp³-hybridized carbons (Fsp3) is 0.125. The molecule has 0 unspecified atom stereocenters. The van der Waals surface area contributed by atoms with E-state index in [-0.39, 0.29) is 0 Å². The molecule has 0 aromatic heterocycles. The van der Waals surface area contributed by atoms with E-state index in [4.69, 9.17) is 11.6 Å². The first kappa shape index (κ1) is 7.35. The third kappa shape index (κ3) is 1.34. The van der Waals surface area contributed by atoms with Gasteiger partial charge in [-0.15, -0.1) is 0 Å². The molecule has 1 radical (unpaired) electrons. The van der Waals surface area contributed by atoms with Gasteiger partial charge in [0, 0.05) is 0 Å². The van der Waals surface area contributed by atoms with Crippen molar-refractivity contribution < 1.29 is 0 Å². The third-order valence-electron chi connectivity index (χ3n) is 1.52. The Bertz CT molecular complexity index is 333. The van der Waals surface area contributed by atoms with Gasteiger partial charge in [0.05, 0.1) is 0 Å². The van der Waals surface area contributed by atoms with E-state index in [1.165, 1.54) is 14.7 Å². The fourth-order valence-electron chi connectivity index (χ4n) is 1.07. The molecule has 1 aromatic rings. The van der Waals surface area contributed by atoms with Crippen LogP contribution in [0.5, 0.6) is 0 Å². The van der Waals surface area contributed by atoms with E-state index in [0.717, 1.165) is 5.02 Å². The topological polar surface area (TPSA) is 12.0 Å². The first-order valence-electron chi connectivity index (χ1n) is 3.34. The monoisotopic (exact) mass is 232 g/mol. The van der Waals surface area contributed by atoms with Gasteiger partial charge in [-0.25, -0.2) is 0 Å². The van der Waals surface area contributed by atoms with E-state index in [1.807, 2.05) is 12.1 Å². The van der Waals surface area contributed by atoms with Crippen molar-refractivity contribution in [2.45, 2.75) is 6.92 Å². The molecule has 57 valence electrons. The normalized spacial score (nSPS) is 13.8. The second kappa shape index (κ2) is 2.63. The number of hydrogen-bond acceptors (Lipinski definition) is 1. The minimum atomic E-state index is 0.500. The summed E-state index contributed by atoms with van der Waals surface area (Å²) in [6.45, 7) is 2.12. The average Bonchev–Trinajstić information content (AvgIpc) is 2.27. The molecule has 0 saturated heterocycles. The van der Waals surface area contributed by atoms with Crippen molar-refractivity contribution in [1.82, 2.24) is 0 Å². The first-order chi connectivity index (χ1) is 5.25. The Hall–Kier alpha value is -0.301. The fourth-order valence-corrected chi connectivity index (χ4v) is 3.02. The van der Waals surface area contributed by atoms with Crippen molar-refractivity contribution in [2.24, 2.45) is 0 Å². The van der Waals surface area contributed by atoms with Crippen molar-refractivity contribution >= 4 is 40.8 Å². The first-order valence-corrected chi connectivity index (χ1v) is 5.43. The van der Waals surface area contributed by atoms with Crippen LogP contribution >= 0.6 is 11.6 Å². The molecule has 1 heterocycles. The van der Waals surface area contributed by atoms with Crippen LogP contribution in [-0.2, 0) is 0 Å². The van der Waals surface area contributed by atoms with E-state index in [2.05, 4.69) is 18.3 Å². The third-order valence-corrected chi connectivity index (χ3v) is 3.82. The average molecular weight is 232 g/mol. The van der Waals surface area contributed by atoms with Crippen LogP contribution in [0.1, 0.15) is 6.92 Å². The Morgan fingerprint density at radius 1 is 1.45 bits per heavy atom. The van der Waals surface area contributed by atoms with E-state index in [1.54, 1.807) is 0 Å². The van der Waals surface area contributed by atoms with Crippen LogP contribution in [0, 0.1) is 0 Å². The van der Waals surface area contributed by atoms with E-state index >= 15 is 0 Å². The van der Waals surface area contributed by atoms with Crippen LogP contribution in [0.2, 0.25) is 5.02 Å². The Morgan fingerprint density at radius 3 is 3.09 bits per heavy atom. The Balaban J connectivity index is 2.52. The van der Waals surface area contributed by atoms with Crippen molar-refractivity contribution in [3.8, 4) is 0 Å². The summed E-state index contributed by atoms with van der Waals surface area (Å²) >= 11 is 6.33. The molecule has 2 rings (SSSR count). The Labute approximate surface area is 76.5 Å². The maximum atomic E-state index is 5.83. The molecule has 11 heavy (non-hydrogen) atoms. The number of anilines is 1. The zero-order chi connectivity index (χ0) is 7.84. The van der Waals surface area contributed by atoms with Crippen LogP contribution in [0.25, 0.3) is 0 Å². The van der Waals surface area contributed by atoms with E-state index in [0.29, 0.717) is 14.5 Å². The molecule has 0 aliphatic carbocycles. The van der Waals surface area contributed by atoms with Crippen molar-refractivity contribution in [2.75, 3.05) is 5.32 Å². The molecule has 0 saturated carbocycles. The van der Waals surface area contributed by atoms with Crippen LogP contribution in [0.3, 0.4) is 0 Å². The second-order valence-electron chi connectivity index (χ2n) is 2.42. The molecule has 0 fully saturated rings. The number of fused-ring (bicyclic) bond motifs is 1.